The number of esters is 6. The number of aliphatic hydroxyl groups is 6. The molecule has 16 atom stereocenters. The quantitative estimate of drug-likeness (QED) is 0.0464. The smallest absolute Gasteiger partial charge is 0.348 e. The lowest BCUT2D eigenvalue weighted by molar-refractivity contribution is -0.191. The summed E-state index contributed by atoms with van der Waals surface area (Å²) in [6.45, 7) is 18.2. The van der Waals surface area contributed by atoms with Gasteiger partial charge in [-0.25, -0.2) is 28.8 Å². The van der Waals surface area contributed by atoms with Gasteiger partial charge in [-0.2, -0.15) is 0 Å². The molecule has 0 aliphatic rings. The topological polar surface area (TPSA) is 279 Å². The molecule has 0 spiro atoms. The van der Waals surface area contributed by atoms with Crippen LogP contribution in [0.15, 0.2) is 0 Å². The third-order valence-electron chi connectivity index (χ3n) is 11.3. The number of ether oxygens (including phenoxy) is 6. The molecule has 0 rings (SSSR count). The highest BCUT2D eigenvalue weighted by Gasteiger charge is 2.41. The molecular formula is C42H74O18. The van der Waals surface area contributed by atoms with Crippen molar-refractivity contribution in [2.45, 2.75) is 183 Å². The third-order valence-corrected chi connectivity index (χ3v) is 11.3. The van der Waals surface area contributed by atoms with Crippen LogP contribution < -0.4 is 0 Å². The van der Waals surface area contributed by atoms with E-state index in [1.807, 2.05) is 0 Å². The second-order valence-corrected chi connectivity index (χ2v) is 16.0. The predicted octanol–water partition coefficient (Wildman–Crippen LogP) is 2.16. The van der Waals surface area contributed by atoms with Crippen LogP contribution in [0.25, 0.3) is 0 Å². The molecule has 18 heteroatoms. The number of rotatable bonds is 29. The Balaban J connectivity index is 5.70. The molecule has 0 aromatic carbocycles. The van der Waals surface area contributed by atoms with Crippen molar-refractivity contribution >= 4 is 35.8 Å². The maximum Gasteiger partial charge on any atom is 0.348 e. The minimum atomic E-state index is -2.16. The Hall–Kier alpha value is -3.42. The summed E-state index contributed by atoms with van der Waals surface area (Å²) in [6, 6.07) is 0. The first-order valence-corrected chi connectivity index (χ1v) is 21.2. The first-order chi connectivity index (χ1) is 28.0. The minimum Gasteiger partial charge on any atom is -0.460 e. The maximum absolute atomic E-state index is 13.3. The molecule has 0 bridgehead atoms. The summed E-state index contributed by atoms with van der Waals surface area (Å²) < 4.78 is 31.9. The van der Waals surface area contributed by atoms with E-state index in [1.165, 1.54) is 0 Å². The Morgan fingerprint density at radius 1 is 0.350 bits per heavy atom. The van der Waals surface area contributed by atoms with Gasteiger partial charge in [0.15, 0.2) is 12.2 Å². The molecule has 0 fully saturated rings. The van der Waals surface area contributed by atoms with Crippen molar-refractivity contribution in [3.05, 3.63) is 0 Å². The highest BCUT2D eigenvalue weighted by atomic mass is 16.6. The van der Waals surface area contributed by atoms with E-state index in [0.29, 0.717) is 38.5 Å². The molecule has 0 heterocycles. The van der Waals surface area contributed by atoms with Gasteiger partial charge < -0.3 is 59.1 Å². The van der Waals surface area contributed by atoms with Crippen LogP contribution in [0.5, 0.6) is 0 Å². The number of aliphatic hydroxyl groups excluding tert-OH is 6. The van der Waals surface area contributed by atoms with Crippen LogP contribution in [0, 0.1) is 35.5 Å². The molecule has 60 heavy (non-hydrogen) atoms. The van der Waals surface area contributed by atoms with Gasteiger partial charge >= 0.3 is 35.8 Å². The summed E-state index contributed by atoms with van der Waals surface area (Å²) in [5.74, 6) is -9.74. The fourth-order valence-electron chi connectivity index (χ4n) is 5.28. The lowest BCUT2D eigenvalue weighted by atomic mass is 9.99. The van der Waals surface area contributed by atoms with Crippen LogP contribution in [0.2, 0.25) is 0 Å². The molecule has 0 aromatic rings. The Bertz CT molecular complexity index is 1230. The first-order valence-electron chi connectivity index (χ1n) is 21.2. The fraction of sp³-hybridized carbons (Fsp3) is 0.857. The van der Waals surface area contributed by atoms with Gasteiger partial charge in [0, 0.05) is 23.7 Å². The van der Waals surface area contributed by atoms with E-state index in [-0.39, 0.29) is 0 Å². The van der Waals surface area contributed by atoms with Crippen molar-refractivity contribution < 1.29 is 87.8 Å². The standard InChI is InChI=1S/C42H74O18/c1-13-21(7)29(45)37(49)57-35(25(11)17-5)41(53)59-33(23(9)15-3)39(51)55-19-27(43)31(47)32(48)28(44)20-56-40(52)34(24(10)16-4)60-42(54)36(26(12)18-6)58-38(50)30(46)22(8)14-2/h21-36,43-48H,13-20H2,1-12H3. The van der Waals surface area contributed by atoms with Crippen LogP contribution in [0.4, 0.5) is 0 Å². The molecule has 350 valence electrons. The molecule has 16 unspecified atom stereocenters. The fourth-order valence-corrected chi connectivity index (χ4v) is 5.28. The van der Waals surface area contributed by atoms with Crippen molar-refractivity contribution in [2.24, 2.45) is 35.5 Å². The molecule has 0 saturated heterocycles. The molecule has 6 N–H and O–H groups in total. The van der Waals surface area contributed by atoms with Crippen molar-refractivity contribution in [3.63, 3.8) is 0 Å². The molecule has 0 aliphatic heterocycles. The van der Waals surface area contributed by atoms with Gasteiger partial charge in [0.05, 0.1) is 0 Å². The zero-order valence-electron chi connectivity index (χ0n) is 37.5. The molecule has 0 aromatic heterocycles. The van der Waals surface area contributed by atoms with Gasteiger partial charge in [0.1, 0.15) is 37.6 Å². The van der Waals surface area contributed by atoms with Gasteiger partial charge in [-0.3, -0.25) is 0 Å². The molecule has 0 saturated carbocycles. The molecule has 0 amide bonds. The van der Waals surface area contributed by atoms with Crippen LogP contribution in [0.1, 0.15) is 122 Å². The Labute approximate surface area is 354 Å². The maximum atomic E-state index is 13.3. The summed E-state index contributed by atoms with van der Waals surface area (Å²) in [5, 5.41) is 62.9. The average Bonchev–Trinajstić information content (AvgIpc) is 3.25. The summed E-state index contributed by atoms with van der Waals surface area (Å²) in [6.07, 6.45) is -15.1. The number of hydrogen-bond acceptors (Lipinski definition) is 18. The van der Waals surface area contributed by atoms with Crippen molar-refractivity contribution in [3.8, 4) is 0 Å². The highest BCUT2D eigenvalue weighted by Crippen LogP contribution is 2.23. The number of carbonyl (C=O) groups excluding carboxylic acids is 6. The third kappa shape index (κ3) is 17.5. The summed E-state index contributed by atoms with van der Waals surface area (Å²) in [7, 11) is 0. The average molecular weight is 867 g/mol. The van der Waals surface area contributed by atoms with Crippen LogP contribution in [-0.2, 0) is 57.2 Å². The van der Waals surface area contributed by atoms with E-state index < -0.39 is 146 Å². The van der Waals surface area contributed by atoms with E-state index >= 15 is 0 Å². The Kier molecular flexibility index (Phi) is 26.6. The van der Waals surface area contributed by atoms with Gasteiger partial charge in [-0.15, -0.1) is 0 Å². The lowest BCUT2D eigenvalue weighted by Gasteiger charge is -2.29. The predicted molar refractivity (Wildman–Crippen MR) is 214 cm³/mol. The SMILES string of the molecule is CCC(C)C(O)C(=O)OC(C(=O)OC(C(=O)OCC(O)C(O)C(O)C(O)COC(=O)C(OC(=O)C(OC(=O)C(O)C(C)CC)C(C)CC)C(C)CC)C(C)CC)C(C)CC. The largest absolute Gasteiger partial charge is 0.460 e. The zero-order chi connectivity index (χ0) is 46.6. The van der Waals surface area contributed by atoms with E-state index in [2.05, 4.69) is 0 Å². The van der Waals surface area contributed by atoms with Gasteiger partial charge in [-0.05, 0) is 37.5 Å². The second kappa shape index (κ2) is 28.2. The minimum absolute atomic E-state index is 0.313. The number of hydrogen-bond donors (Lipinski definition) is 6. The lowest BCUT2D eigenvalue weighted by Crippen LogP contribution is -2.49. The normalized spacial score (nSPS) is 19.7. The van der Waals surface area contributed by atoms with Crippen molar-refractivity contribution in [1.29, 1.82) is 0 Å². The van der Waals surface area contributed by atoms with Crippen molar-refractivity contribution in [2.75, 3.05) is 13.2 Å². The van der Waals surface area contributed by atoms with Crippen molar-refractivity contribution in [1.82, 2.24) is 0 Å². The molecular weight excluding hydrogens is 792 g/mol. The van der Waals surface area contributed by atoms with Gasteiger partial charge in [0.25, 0.3) is 0 Å². The van der Waals surface area contributed by atoms with Gasteiger partial charge in [0.2, 0.25) is 24.4 Å². The summed E-state index contributed by atoms with van der Waals surface area (Å²) in [4.78, 5) is 78.1. The zero-order valence-corrected chi connectivity index (χ0v) is 37.5. The van der Waals surface area contributed by atoms with Crippen LogP contribution in [0.3, 0.4) is 0 Å². The van der Waals surface area contributed by atoms with E-state index in [1.54, 1.807) is 83.1 Å². The highest BCUT2D eigenvalue weighted by molar-refractivity contribution is 5.85. The summed E-state index contributed by atoms with van der Waals surface area (Å²) >= 11 is 0. The monoisotopic (exact) mass is 866 g/mol. The van der Waals surface area contributed by atoms with E-state index in [9.17, 15) is 59.4 Å². The van der Waals surface area contributed by atoms with E-state index in [0.717, 1.165) is 0 Å². The molecule has 0 aliphatic carbocycles. The summed E-state index contributed by atoms with van der Waals surface area (Å²) in [5.41, 5.74) is 0. The first kappa shape index (κ1) is 56.6. The Morgan fingerprint density at radius 2 is 0.567 bits per heavy atom. The van der Waals surface area contributed by atoms with Gasteiger partial charge in [-0.1, -0.05) is 95.9 Å². The molecule has 18 nitrogen and oxygen atoms in total. The second-order valence-electron chi connectivity index (χ2n) is 16.0. The Morgan fingerprint density at radius 3 is 0.800 bits per heavy atom. The number of carbonyl (C=O) groups is 6. The molecule has 0 radical (unpaired) electrons. The van der Waals surface area contributed by atoms with Crippen LogP contribution >= 0.6 is 0 Å². The van der Waals surface area contributed by atoms with Crippen LogP contribution in [-0.4, -0.2) is 141 Å². The van der Waals surface area contributed by atoms with E-state index in [4.69, 9.17) is 28.4 Å².